The van der Waals surface area contributed by atoms with E-state index in [-0.39, 0.29) is 7.92 Å². The second-order valence-electron chi connectivity index (χ2n) is 9.00. The van der Waals surface area contributed by atoms with Crippen LogP contribution in [0, 0.1) is 0 Å². The summed E-state index contributed by atoms with van der Waals surface area (Å²) in [4.78, 5) is 0. The molecule has 156 valence electrons. The molecule has 0 saturated heterocycles. The first-order valence-electron chi connectivity index (χ1n) is 11.8. The van der Waals surface area contributed by atoms with E-state index in [1.165, 1.54) is 78.1 Å². The fourth-order valence-electron chi connectivity index (χ4n) is 5.68. The summed E-state index contributed by atoms with van der Waals surface area (Å²) in [5.41, 5.74) is 4.32. The molecule has 2 fully saturated rings. The van der Waals surface area contributed by atoms with Gasteiger partial charge in [-0.1, -0.05) is 0 Å². The van der Waals surface area contributed by atoms with E-state index < -0.39 is 0 Å². The van der Waals surface area contributed by atoms with Crippen molar-refractivity contribution in [1.82, 2.24) is 0 Å². The second kappa shape index (κ2) is 10.9. The summed E-state index contributed by atoms with van der Waals surface area (Å²) in [5.74, 6) is 1.97. The molecule has 2 saturated carbocycles. The summed E-state index contributed by atoms with van der Waals surface area (Å²) >= 11 is 0.969. The Morgan fingerprint density at radius 2 is 1.37 bits per heavy atom. The predicted molar refractivity (Wildman–Crippen MR) is 131 cm³/mol. The van der Waals surface area contributed by atoms with Crippen LogP contribution in [-0.2, 0) is 0 Å². The summed E-state index contributed by atoms with van der Waals surface area (Å²) in [6, 6.07) is 13.6. The summed E-state index contributed by atoms with van der Waals surface area (Å²) < 4.78 is 13.1. The fraction of sp³-hybridized carbons (Fsp3) is 0.538. The maximum absolute atomic E-state index is 5.96. The normalized spacial score (nSPS) is 18.6. The van der Waals surface area contributed by atoms with Crippen molar-refractivity contribution in [2.24, 2.45) is 0 Å². The molecule has 0 radical (unpaired) electrons. The zero-order chi connectivity index (χ0) is 20.9. The molecule has 0 aromatic heterocycles. The van der Waals surface area contributed by atoms with Gasteiger partial charge in [-0.2, -0.15) is 0 Å². The van der Waals surface area contributed by atoms with E-state index in [2.05, 4.69) is 36.4 Å². The molecule has 2 aromatic rings. The molecule has 2 aliphatic rings. The van der Waals surface area contributed by atoms with Gasteiger partial charge in [-0.15, -0.1) is 0 Å². The van der Waals surface area contributed by atoms with Crippen LogP contribution < -0.4 is 17.6 Å². The van der Waals surface area contributed by atoms with Crippen molar-refractivity contribution in [3.63, 3.8) is 0 Å². The number of ether oxygens (including phenoxy) is 2. The van der Waals surface area contributed by atoms with Crippen LogP contribution >= 0.6 is 7.92 Å². The Balaban J connectivity index is 1.86. The number of hydrogen-bond donors (Lipinski definition) is 0. The van der Waals surface area contributed by atoms with Crippen molar-refractivity contribution in [3.8, 4) is 22.6 Å². The van der Waals surface area contributed by atoms with Gasteiger partial charge in [0.2, 0.25) is 0 Å². The van der Waals surface area contributed by atoms with Gasteiger partial charge in [0.15, 0.2) is 0 Å². The van der Waals surface area contributed by atoms with E-state index in [0.29, 0.717) is 0 Å². The Hall–Kier alpha value is -0.530. The molecule has 0 aliphatic heterocycles. The number of rotatable bonds is 6. The molecule has 2 aromatic carbocycles. The minimum absolute atomic E-state index is 0.181. The van der Waals surface area contributed by atoms with Crippen LogP contribution in [0.25, 0.3) is 11.1 Å². The van der Waals surface area contributed by atoms with Gasteiger partial charge >= 0.3 is 202 Å². The molecular formula is C26H34NaO2P. The molecule has 0 unspecified atom stereocenters. The van der Waals surface area contributed by atoms with Gasteiger partial charge in [0, 0.05) is 0 Å². The third kappa shape index (κ3) is 4.78. The Morgan fingerprint density at radius 1 is 0.767 bits per heavy atom. The van der Waals surface area contributed by atoms with Crippen molar-refractivity contribution >= 4 is 44.0 Å². The molecule has 0 bridgehead atoms. The van der Waals surface area contributed by atoms with Gasteiger partial charge in [-0.25, -0.2) is 0 Å². The third-order valence-corrected chi connectivity index (χ3v) is 11.5. The van der Waals surface area contributed by atoms with Crippen molar-refractivity contribution in [2.45, 2.75) is 75.5 Å². The molecule has 0 amide bonds. The minimum atomic E-state index is -0.181. The molecule has 0 atom stereocenters. The average Bonchev–Trinajstić information content (AvgIpc) is 2.81. The van der Waals surface area contributed by atoms with Crippen LogP contribution in [0.15, 0.2) is 36.4 Å². The van der Waals surface area contributed by atoms with Crippen LogP contribution in [0.5, 0.6) is 11.5 Å². The summed E-state index contributed by atoms with van der Waals surface area (Å²) in [5, 5.41) is 1.61. The zero-order valence-corrected chi connectivity index (χ0v) is 21.8. The number of benzene rings is 2. The van der Waals surface area contributed by atoms with Crippen LogP contribution in [0.4, 0.5) is 0 Å². The van der Waals surface area contributed by atoms with Crippen molar-refractivity contribution in [1.29, 1.82) is 0 Å². The first kappa shape index (κ1) is 22.7. The molecule has 30 heavy (non-hydrogen) atoms. The summed E-state index contributed by atoms with van der Waals surface area (Å²) in [6.45, 7) is 0. The predicted octanol–water partition coefficient (Wildman–Crippen LogP) is 5.94. The Bertz CT molecular complexity index is 823. The average molecular weight is 433 g/mol. The van der Waals surface area contributed by atoms with E-state index in [1.54, 1.807) is 12.4 Å². The van der Waals surface area contributed by atoms with Gasteiger partial charge in [-0.3, -0.25) is 0 Å². The third-order valence-electron chi connectivity index (χ3n) is 7.13. The van der Waals surface area contributed by atoms with E-state index in [9.17, 15) is 0 Å². The van der Waals surface area contributed by atoms with Gasteiger partial charge in [0.05, 0.1) is 0 Å². The van der Waals surface area contributed by atoms with E-state index in [4.69, 9.17) is 9.47 Å². The fourth-order valence-corrected chi connectivity index (χ4v) is 10.2. The Morgan fingerprint density at radius 3 is 1.93 bits per heavy atom. The Kier molecular flexibility index (Phi) is 8.20. The van der Waals surface area contributed by atoms with Crippen molar-refractivity contribution in [3.05, 3.63) is 36.4 Å². The van der Waals surface area contributed by atoms with Crippen LogP contribution in [-0.4, -0.2) is 53.5 Å². The molecule has 0 N–H and O–H groups in total. The topological polar surface area (TPSA) is 18.5 Å². The van der Waals surface area contributed by atoms with Gasteiger partial charge in [-0.05, 0) is 0 Å². The van der Waals surface area contributed by atoms with E-state index in [1.807, 2.05) is 7.11 Å². The molecule has 4 heteroatoms. The van der Waals surface area contributed by atoms with Crippen LogP contribution in [0.2, 0.25) is 0 Å². The maximum atomic E-state index is 5.96. The SMILES string of the molecule is COc1cc[c]([Na])c(OC)c1-c1ccccc1P(C1CCCCC1)C1CCCCC1. The zero-order valence-electron chi connectivity index (χ0n) is 19.0. The van der Waals surface area contributed by atoms with E-state index in [0.717, 1.165) is 50.7 Å². The Labute approximate surface area is 201 Å². The molecule has 2 aliphatic carbocycles. The van der Waals surface area contributed by atoms with Crippen molar-refractivity contribution < 1.29 is 9.47 Å². The molecule has 0 heterocycles. The van der Waals surface area contributed by atoms with Crippen LogP contribution in [0.3, 0.4) is 0 Å². The molecule has 4 rings (SSSR count). The van der Waals surface area contributed by atoms with Crippen LogP contribution in [0.1, 0.15) is 64.2 Å². The summed E-state index contributed by atoms with van der Waals surface area (Å²) in [6.07, 6.45) is 14.2. The standard InChI is InChI=1S/C26H34O2P.Na/c1-27-23-17-11-18-24(28-2)26(23)22-16-9-10-19-25(22)29(20-12-5-3-6-13-20)21-14-7-4-8-15-21;/h9-11,16-17,19-21H,3-8,12-15H2,1-2H3;. The first-order valence-corrected chi connectivity index (χ1v) is 14.3. The molecular weight excluding hydrogens is 398 g/mol. The molecule has 0 spiro atoms. The first-order chi connectivity index (χ1) is 14.7. The van der Waals surface area contributed by atoms with Gasteiger partial charge < -0.3 is 0 Å². The van der Waals surface area contributed by atoms with Crippen molar-refractivity contribution in [2.75, 3.05) is 14.2 Å². The second-order valence-corrected chi connectivity index (χ2v) is 12.8. The van der Waals surface area contributed by atoms with Gasteiger partial charge in [0.1, 0.15) is 0 Å². The molecule has 2 nitrogen and oxygen atoms in total. The van der Waals surface area contributed by atoms with Gasteiger partial charge in [0.25, 0.3) is 0 Å². The number of hydrogen-bond acceptors (Lipinski definition) is 2. The monoisotopic (exact) mass is 432 g/mol. The summed E-state index contributed by atoms with van der Waals surface area (Å²) in [7, 11) is 3.42. The number of methoxy groups -OCH3 is 2. The van der Waals surface area contributed by atoms with E-state index >= 15 is 0 Å². The quantitative estimate of drug-likeness (QED) is 0.416.